The molecule has 0 radical (unpaired) electrons. The van der Waals surface area contributed by atoms with Crippen LogP contribution in [0.25, 0.3) is 0 Å². The van der Waals surface area contributed by atoms with Crippen molar-refractivity contribution in [3.63, 3.8) is 0 Å². The van der Waals surface area contributed by atoms with E-state index in [2.05, 4.69) is 10.6 Å². The molecule has 0 aromatic rings. The molecule has 0 aromatic carbocycles. The Kier molecular flexibility index (Phi) is 3.78. The molecule has 5 atom stereocenters. The van der Waals surface area contributed by atoms with E-state index < -0.39 is 17.9 Å². The molecule has 6 nitrogen and oxygen atoms in total. The summed E-state index contributed by atoms with van der Waals surface area (Å²) in [5, 5.41) is 14.6. The number of rotatable bonds is 4. The van der Waals surface area contributed by atoms with E-state index in [0.29, 0.717) is 0 Å². The predicted octanol–water partition coefficient (Wildman–Crippen LogP) is 0.127. The molecular weight excluding hydrogens is 248 g/mol. The van der Waals surface area contributed by atoms with Gasteiger partial charge in [0.15, 0.2) is 0 Å². The third-order valence-electron chi connectivity index (χ3n) is 4.32. The quantitative estimate of drug-likeness (QED) is 0.675. The number of hydrogen-bond acceptors (Lipinski definition) is 3. The van der Waals surface area contributed by atoms with E-state index in [1.54, 1.807) is 6.92 Å². The van der Waals surface area contributed by atoms with Crippen LogP contribution in [0.1, 0.15) is 33.1 Å². The molecule has 0 saturated heterocycles. The van der Waals surface area contributed by atoms with Crippen molar-refractivity contribution in [1.82, 2.24) is 10.6 Å². The number of hydrogen-bond donors (Lipinski definition) is 3. The van der Waals surface area contributed by atoms with Crippen LogP contribution < -0.4 is 10.6 Å². The SMILES string of the molecule is CC(=O)NC(C)C(=O)NC1C2CCC(C2)C1C(=O)O. The number of carbonyl (C=O) groups excluding carboxylic acids is 2. The molecular formula is C13H20N2O4. The summed E-state index contributed by atoms with van der Waals surface area (Å²) in [6.45, 7) is 2.95. The Morgan fingerprint density at radius 3 is 2.42 bits per heavy atom. The standard InChI is InChI=1S/C13H20N2O4/c1-6(14-7(2)16)12(17)15-11-9-4-3-8(5-9)10(11)13(18)19/h6,8-11H,3-5H2,1-2H3,(H,14,16)(H,15,17)(H,18,19). The Bertz CT molecular complexity index is 409. The smallest absolute Gasteiger partial charge is 0.308 e. The van der Waals surface area contributed by atoms with Crippen LogP contribution in [-0.4, -0.2) is 35.0 Å². The molecule has 3 N–H and O–H groups in total. The van der Waals surface area contributed by atoms with Crippen molar-refractivity contribution in [2.24, 2.45) is 17.8 Å². The zero-order chi connectivity index (χ0) is 14.2. The molecule has 2 bridgehead atoms. The molecule has 5 unspecified atom stereocenters. The van der Waals surface area contributed by atoms with Crippen LogP contribution >= 0.6 is 0 Å². The fraction of sp³-hybridized carbons (Fsp3) is 0.769. The van der Waals surface area contributed by atoms with E-state index in [9.17, 15) is 19.5 Å². The zero-order valence-electron chi connectivity index (χ0n) is 11.2. The molecule has 2 fully saturated rings. The molecule has 106 valence electrons. The summed E-state index contributed by atoms with van der Waals surface area (Å²) >= 11 is 0. The normalized spacial score (nSPS) is 33.8. The largest absolute Gasteiger partial charge is 0.481 e. The molecule has 2 amide bonds. The lowest BCUT2D eigenvalue weighted by atomic mass is 9.84. The van der Waals surface area contributed by atoms with Gasteiger partial charge in [-0.15, -0.1) is 0 Å². The van der Waals surface area contributed by atoms with Crippen molar-refractivity contribution in [1.29, 1.82) is 0 Å². The van der Waals surface area contributed by atoms with Gasteiger partial charge in [-0.25, -0.2) is 0 Å². The van der Waals surface area contributed by atoms with Gasteiger partial charge in [0.1, 0.15) is 6.04 Å². The summed E-state index contributed by atoms with van der Waals surface area (Å²) in [6, 6.07) is -0.925. The molecule has 2 aliphatic rings. The Morgan fingerprint density at radius 1 is 1.21 bits per heavy atom. The van der Waals surface area contributed by atoms with Crippen molar-refractivity contribution in [2.45, 2.75) is 45.2 Å². The van der Waals surface area contributed by atoms with Gasteiger partial charge in [0.05, 0.1) is 5.92 Å². The molecule has 6 heteroatoms. The van der Waals surface area contributed by atoms with E-state index in [0.717, 1.165) is 19.3 Å². The lowest BCUT2D eigenvalue weighted by Crippen LogP contribution is -2.52. The fourth-order valence-corrected chi connectivity index (χ4v) is 3.51. The van der Waals surface area contributed by atoms with E-state index in [1.165, 1.54) is 6.92 Å². The maximum atomic E-state index is 12.0. The number of nitrogens with one attached hydrogen (secondary N) is 2. The Morgan fingerprint density at radius 2 is 1.84 bits per heavy atom. The average Bonchev–Trinajstić information content (AvgIpc) is 2.87. The van der Waals surface area contributed by atoms with Crippen LogP contribution in [-0.2, 0) is 14.4 Å². The third-order valence-corrected chi connectivity index (χ3v) is 4.32. The maximum absolute atomic E-state index is 12.0. The first-order valence-electron chi connectivity index (χ1n) is 6.70. The van der Waals surface area contributed by atoms with Gasteiger partial charge >= 0.3 is 5.97 Å². The van der Waals surface area contributed by atoms with Gasteiger partial charge in [0, 0.05) is 13.0 Å². The summed E-state index contributed by atoms with van der Waals surface area (Å²) in [7, 11) is 0. The van der Waals surface area contributed by atoms with Gasteiger partial charge in [0.25, 0.3) is 0 Å². The van der Waals surface area contributed by atoms with Gasteiger partial charge in [-0.05, 0) is 38.0 Å². The highest BCUT2D eigenvalue weighted by Crippen LogP contribution is 2.48. The summed E-state index contributed by atoms with van der Waals surface area (Å²) < 4.78 is 0. The Balaban J connectivity index is 1.99. The minimum Gasteiger partial charge on any atom is -0.481 e. The highest BCUT2D eigenvalue weighted by Gasteiger charge is 2.51. The number of aliphatic carboxylic acids is 1. The van der Waals surface area contributed by atoms with E-state index in [-0.39, 0.29) is 29.7 Å². The summed E-state index contributed by atoms with van der Waals surface area (Å²) in [5.41, 5.74) is 0. The third kappa shape index (κ3) is 2.72. The first kappa shape index (κ1) is 13.8. The lowest BCUT2D eigenvalue weighted by molar-refractivity contribution is -0.145. The van der Waals surface area contributed by atoms with Crippen molar-refractivity contribution >= 4 is 17.8 Å². The van der Waals surface area contributed by atoms with E-state index in [4.69, 9.17) is 0 Å². The van der Waals surface area contributed by atoms with Crippen molar-refractivity contribution in [2.75, 3.05) is 0 Å². The zero-order valence-corrected chi connectivity index (χ0v) is 11.2. The molecule has 2 saturated carbocycles. The van der Waals surface area contributed by atoms with Crippen LogP contribution in [0.3, 0.4) is 0 Å². The summed E-state index contributed by atoms with van der Waals surface area (Å²) in [6.07, 6.45) is 2.81. The van der Waals surface area contributed by atoms with E-state index >= 15 is 0 Å². The maximum Gasteiger partial charge on any atom is 0.308 e. The molecule has 2 rings (SSSR count). The average molecular weight is 268 g/mol. The molecule has 0 aliphatic heterocycles. The molecule has 2 aliphatic carbocycles. The minimum absolute atomic E-state index is 0.184. The van der Waals surface area contributed by atoms with Crippen molar-refractivity contribution in [3.8, 4) is 0 Å². The first-order chi connectivity index (χ1) is 8.90. The predicted molar refractivity (Wildman–Crippen MR) is 67.2 cm³/mol. The van der Waals surface area contributed by atoms with Crippen LogP contribution in [0.5, 0.6) is 0 Å². The Hall–Kier alpha value is -1.59. The van der Waals surface area contributed by atoms with Gasteiger partial charge in [-0.1, -0.05) is 0 Å². The fourth-order valence-electron chi connectivity index (χ4n) is 3.51. The lowest BCUT2D eigenvalue weighted by Gasteiger charge is -2.29. The number of carboxylic acid groups (broad SMARTS) is 1. The Labute approximate surface area is 111 Å². The second-order valence-electron chi connectivity index (χ2n) is 5.65. The second-order valence-corrected chi connectivity index (χ2v) is 5.65. The van der Waals surface area contributed by atoms with Crippen LogP contribution in [0.15, 0.2) is 0 Å². The highest BCUT2D eigenvalue weighted by molar-refractivity contribution is 5.87. The van der Waals surface area contributed by atoms with Gasteiger partial charge in [-0.3, -0.25) is 14.4 Å². The first-order valence-corrected chi connectivity index (χ1v) is 6.70. The van der Waals surface area contributed by atoms with Gasteiger partial charge in [-0.2, -0.15) is 0 Å². The van der Waals surface area contributed by atoms with Crippen molar-refractivity contribution in [3.05, 3.63) is 0 Å². The topological polar surface area (TPSA) is 95.5 Å². The number of carbonyl (C=O) groups is 3. The number of fused-ring (bicyclic) bond motifs is 2. The van der Waals surface area contributed by atoms with Gasteiger partial charge < -0.3 is 15.7 Å². The van der Waals surface area contributed by atoms with Crippen LogP contribution in [0, 0.1) is 17.8 Å². The molecule has 0 heterocycles. The van der Waals surface area contributed by atoms with Crippen LogP contribution in [0.4, 0.5) is 0 Å². The van der Waals surface area contributed by atoms with Crippen LogP contribution in [0.2, 0.25) is 0 Å². The molecule has 0 spiro atoms. The highest BCUT2D eigenvalue weighted by atomic mass is 16.4. The van der Waals surface area contributed by atoms with E-state index in [1.807, 2.05) is 0 Å². The molecule has 19 heavy (non-hydrogen) atoms. The van der Waals surface area contributed by atoms with Crippen molar-refractivity contribution < 1.29 is 19.5 Å². The summed E-state index contributed by atoms with van der Waals surface area (Å²) in [4.78, 5) is 34.2. The molecule has 0 aromatic heterocycles. The monoisotopic (exact) mass is 268 g/mol. The number of amides is 2. The second kappa shape index (κ2) is 5.19. The number of carboxylic acids is 1. The van der Waals surface area contributed by atoms with Gasteiger partial charge in [0.2, 0.25) is 11.8 Å². The minimum atomic E-state index is -0.829. The summed E-state index contributed by atoms with van der Waals surface area (Å²) in [5.74, 6) is -1.44.